The fourth-order valence-electron chi connectivity index (χ4n) is 2.28. The van der Waals surface area contributed by atoms with Crippen LogP contribution in [0.5, 0.6) is 0 Å². The molecule has 0 aromatic rings. The summed E-state index contributed by atoms with van der Waals surface area (Å²) in [5.74, 6) is 0.591. The lowest BCUT2D eigenvalue weighted by atomic mass is 9.75. The van der Waals surface area contributed by atoms with Crippen LogP contribution in [0.3, 0.4) is 0 Å². The molecule has 0 atom stereocenters. The van der Waals surface area contributed by atoms with Gasteiger partial charge in [0.1, 0.15) is 6.61 Å². The molecular formula is C14H26ClNO2. The minimum Gasteiger partial charge on any atom is -0.366 e. The smallest absolute Gasteiger partial charge is 0.246 e. The minimum atomic E-state index is -0.271. The summed E-state index contributed by atoms with van der Waals surface area (Å²) in [5, 5.41) is 2.97. The van der Waals surface area contributed by atoms with Crippen LogP contribution in [0.4, 0.5) is 0 Å². The number of carbonyl (C=O) groups excluding carboxylic acids is 1. The quantitative estimate of drug-likeness (QED) is 0.783. The topological polar surface area (TPSA) is 38.3 Å². The van der Waals surface area contributed by atoms with E-state index in [1.165, 1.54) is 19.3 Å². The van der Waals surface area contributed by atoms with Crippen LogP contribution in [0.25, 0.3) is 0 Å². The first-order valence-corrected chi connectivity index (χ1v) is 7.37. The Bertz CT molecular complexity index is 267. The summed E-state index contributed by atoms with van der Waals surface area (Å²) >= 11 is 6.09. The van der Waals surface area contributed by atoms with E-state index in [9.17, 15) is 4.79 Å². The molecule has 1 rings (SSSR count). The maximum Gasteiger partial charge on any atom is 0.246 e. The van der Waals surface area contributed by atoms with Crippen LogP contribution in [-0.4, -0.2) is 30.5 Å². The van der Waals surface area contributed by atoms with E-state index in [4.69, 9.17) is 16.3 Å². The molecule has 0 spiro atoms. The van der Waals surface area contributed by atoms with E-state index in [-0.39, 0.29) is 23.5 Å². The second kappa shape index (κ2) is 6.76. The third kappa shape index (κ3) is 5.57. The summed E-state index contributed by atoms with van der Waals surface area (Å²) in [7, 11) is 0. The number of hydrogen-bond acceptors (Lipinski definition) is 2. The molecule has 4 heteroatoms. The maximum absolute atomic E-state index is 11.7. The van der Waals surface area contributed by atoms with Gasteiger partial charge in [0.15, 0.2) is 0 Å². The molecule has 0 saturated heterocycles. The van der Waals surface area contributed by atoms with Crippen molar-refractivity contribution in [3.8, 4) is 0 Å². The highest BCUT2D eigenvalue weighted by atomic mass is 35.5. The molecule has 1 saturated carbocycles. The van der Waals surface area contributed by atoms with Crippen molar-refractivity contribution < 1.29 is 9.53 Å². The van der Waals surface area contributed by atoms with E-state index in [1.807, 2.05) is 20.8 Å². The van der Waals surface area contributed by atoms with Crippen molar-refractivity contribution in [3.05, 3.63) is 0 Å². The molecule has 1 N–H and O–H groups in total. The molecule has 3 nitrogen and oxygen atoms in total. The first-order valence-electron chi connectivity index (χ1n) is 6.84. The molecule has 1 aliphatic carbocycles. The molecule has 0 bridgehead atoms. The van der Waals surface area contributed by atoms with E-state index in [1.54, 1.807) is 0 Å². The zero-order chi connectivity index (χ0) is 13.6. The van der Waals surface area contributed by atoms with Gasteiger partial charge in [0.25, 0.3) is 0 Å². The molecule has 0 aromatic heterocycles. The lowest BCUT2D eigenvalue weighted by Gasteiger charge is -2.35. The number of halogens is 1. The number of alkyl halides is 1. The van der Waals surface area contributed by atoms with Crippen molar-refractivity contribution in [2.24, 2.45) is 5.41 Å². The fourth-order valence-corrected chi connectivity index (χ4v) is 2.64. The van der Waals surface area contributed by atoms with Crippen molar-refractivity contribution >= 4 is 17.5 Å². The minimum absolute atomic E-state index is 0.0417. The summed E-state index contributed by atoms with van der Waals surface area (Å²) in [6.45, 7) is 6.65. The zero-order valence-corrected chi connectivity index (χ0v) is 12.6. The number of ether oxygens (including phenoxy) is 1. The number of nitrogens with one attached hydrogen (secondary N) is 1. The Balaban J connectivity index is 2.32. The summed E-state index contributed by atoms with van der Waals surface area (Å²) in [5.41, 5.74) is -0.163. The van der Waals surface area contributed by atoms with Crippen LogP contribution in [0, 0.1) is 5.41 Å². The molecule has 1 aliphatic rings. The van der Waals surface area contributed by atoms with E-state index in [2.05, 4.69) is 5.32 Å². The average molecular weight is 276 g/mol. The molecule has 0 aliphatic heterocycles. The highest BCUT2D eigenvalue weighted by Gasteiger charge is 2.31. The molecule has 1 fully saturated rings. The van der Waals surface area contributed by atoms with Crippen molar-refractivity contribution in [2.75, 3.05) is 19.0 Å². The van der Waals surface area contributed by atoms with Crippen LogP contribution in [-0.2, 0) is 9.53 Å². The lowest BCUT2D eigenvalue weighted by molar-refractivity contribution is -0.131. The van der Waals surface area contributed by atoms with Crippen LogP contribution >= 0.6 is 11.6 Å². The van der Waals surface area contributed by atoms with Gasteiger partial charge in [0.2, 0.25) is 5.91 Å². The molecule has 0 aromatic carbocycles. The second-order valence-corrected chi connectivity index (χ2v) is 6.64. The van der Waals surface area contributed by atoms with Gasteiger partial charge < -0.3 is 10.1 Å². The number of amides is 1. The van der Waals surface area contributed by atoms with Crippen molar-refractivity contribution in [3.63, 3.8) is 0 Å². The van der Waals surface area contributed by atoms with E-state index >= 15 is 0 Å². The average Bonchev–Trinajstić information content (AvgIpc) is 2.34. The summed E-state index contributed by atoms with van der Waals surface area (Å²) < 4.78 is 5.45. The Morgan fingerprint density at radius 1 is 1.28 bits per heavy atom. The Morgan fingerprint density at radius 3 is 2.39 bits per heavy atom. The second-order valence-electron chi connectivity index (χ2n) is 6.37. The van der Waals surface area contributed by atoms with Crippen LogP contribution in [0.2, 0.25) is 0 Å². The van der Waals surface area contributed by atoms with Gasteiger partial charge in [0, 0.05) is 17.8 Å². The number of carbonyl (C=O) groups is 1. The summed E-state index contributed by atoms with van der Waals surface area (Å²) in [4.78, 5) is 11.7. The largest absolute Gasteiger partial charge is 0.366 e. The lowest BCUT2D eigenvalue weighted by Crippen LogP contribution is -2.42. The van der Waals surface area contributed by atoms with E-state index in [0.29, 0.717) is 12.4 Å². The highest BCUT2D eigenvalue weighted by molar-refractivity contribution is 6.18. The molecule has 0 heterocycles. The van der Waals surface area contributed by atoms with Gasteiger partial charge in [-0.1, -0.05) is 19.3 Å². The normalized spacial score (nSPS) is 19.6. The molecule has 0 radical (unpaired) electrons. The third-order valence-corrected chi connectivity index (χ3v) is 4.06. The Morgan fingerprint density at radius 2 is 1.89 bits per heavy atom. The number of hydrogen-bond donors (Lipinski definition) is 1. The molecule has 18 heavy (non-hydrogen) atoms. The van der Waals surface area contributed by atoms with Crippen LogP contribution in [0.15, 0.2) is 0 Å². The van der Waals surface area contributed by atoms with Gasteiger partial charge >= 0.3 is 0 Å². The standard InChI is InChI=1S/C14H26ClNO2/c1-13(2,3)18-9-12(17)16-11-14(10-15)7-5-4-6-8-14/h4-11H2,1-3H3,(H,16,17). The highest BCUT2D eigenvalue weighted by Crippen LogP contribution is 2.36. The van der Waals surface area contributed by atoms with E-state index in [0.717, 1.165) is 12.8 Å². The van der Waals surface area contributed by atoms with Gasteiger partial charge in [-0.2, -0.15) is 0 Å². The van der Waals surface area contributed by atoms with Gasteiger partial charge in [-0.3, -0.25) is 4.79 Å². The third-order valence-electron chi connectivity index (χ3n) is 3.49. The predicted octanol–water partition coefficient (Wildman–Crippen LogP) is 3.11. The Hall–Kier alpha value is -0.280. The molecule has 106 valence electrons. The summed E-state index contributed by atoms with van der Waals surface area (Å²) in [6, 6.07) is 0. The van der Waals surface area contributed by atoms with Gasteiger partial charge in [-0.25, -0.2) is 0 Å². The zero-order valence-electron chi connectivity index (χ0n) is 11.9. The van der Waals surface area contributed by atoms with E-state index < -0.39 is 0 Å². The van der Waals surface area contributed by atoms with Gasteiger partial charge in [0.05, 0.1) is 5.60 Å². The van der Waals surface area contributed by atoms with Crippen molar-refractivity contribution in [1.29, 1.82) is 0 Å². The Labute approximate surface area is 116 Å². The fraction of sp³-hybridized carbons (Fsp3) is 0.929. The maximum atomic E-state index is 11.7. The predicted molar refractivity (Wildman–Crippen MR) is 75.0 cm³/mol. The van der Waals surface area contributed by atoms with Gasteiger partial charge in [-0.05, 0) is 33.6 Å². The SMILES string of the molecule is CC(C)(C)OCC(=O)NCC1(CCl)CCCCC1. The Kier molecular flexibility index (Phi) is 5.93. The summed E-state index contributed by atoms with van der Waals surface area (Å²) in [6.07, 6.45) is 5.98. The first-order chi connectivity index (χ1) is 8.37. The van der Waals surface area contributed by atoms with Gasteiger partial charge in [-0.15, -0.1) is 11.6 Å². The van der Waals surface area contributed by atoms with Crippen molar-refractivity contribution in [2.45, 2.75) is 58.5 Å². The molecule has 1 amide bonds. The van der Waals surface area contributed by atoms with Crippen molar-refractivity contribution in [1.82, 2.24) is 5.32 Å². The molecular weight excluding hydrogens is 250 g/mol. The van der Waals surface area contributed by atoms with Crippen LogP contribution in [0.1, 0.15) is 52.9 Å². The number of rotatable bonds is 5. The first kappa shape index (κ1) is 15.8. The monoisotopic (exact) mass is 275 g/mol. The molecule has 0 unspecified atom stereocenters. The van der Waals surface area contributed by atoms with Crippen LogP contribution < -0.4 is 5.32 Å².